The smallest absolute Gasteiger partial charge is 0.191 e. The van der Waals surface area contributed by atoms with Gasteiger partial charge in [0.15, 0.2) is 11.8 Å². The van der Waals surface area contributed by atoms with E-state index in [4.69, 9.17) is 9.73 Å². The number of benzene rings is 1. The molecule has 1 aliphatic rings. The number of ether oxygens (including phenoxy) is 1. The molecule has 2 N–H and O–H groups in total. The number of hydrogen-bond donors (Lipinski definition) is 2. The molecule has 0 saturated heterocycles. The van der Waals surface area contributed by atoms with E-state index in [-0.39, 0.29) is 24.0 Å². The molecule has 1 aliphatic carbocycles. The first-order valence-corrected chi connectivity index (χ1v) is 10.2. The van der Waals surface area contributed by atoms with E-state index < -0.39 is 0 Å². The van der Waals surface area contributed by atoms with Crippen molar-refractivity contribution in [2.75, 3.05) is 26.8 Å². The van der Waals surface area contributed by atoms with Crippen molar-refractivity contribution >= 4 is 29.9 Å². The second-order valence-electron chi connectivity index (χ2n) is 7.45. The molecule has 0 amide bonds. The molecule has 0 spiro atoms. The predicted molar refractivity (Wildman–Crippen MR) is 127 cm³/mol. The minimum atomic E-state index is 0. The molecule has 1 aromatic carbocycles. The lowest BCUT2D eigenvalue weighted by Crippen LogP contribution is -2.43. The number of methoxy groups -OCH3 is 1. The summed E-state index contributed by atoms with van der Waals surface area (Å²) in [6, 6.07) is 10.1. The number of halogens is 1. The second kappa shape index (κ2) is 12.1. The van der Waals surface area contributed by atoms with Crippen LogP contribution in [-0.2, 0) is 11.3 Å². The molecular formula is C21H33IN6O. The molecule has 3 rings (SSSR count). The van der Waals surface area contributed by atoms with E-state index in [1.54, 1.807) is 13.4 Å². The summed E-state index contributed by atoms with van der Waals surface area (Å²) in [4.78, 5) is 4.75. The van der Waals surface area contributed by atoms with Gasteiger partial charge in [0.1, 0.15) is 12.9 Å². The van der Waals surface area contributed by atoms with E-state index in [1.807, 2.05) is 34.9 Å². The van der Waals surface area contributed by atoms with Gasteiger partial charge >= 0.3 is 0 Å². The van der Waals surface area contributed by atoms with Gasteiger partial charge in [-0.25, -0.2) is 4.99 Å². The lowest BCUT2D eigenvalue weighted by atomic mass is 9.83. The van der Waals surface area contributed by atoms with Crippen molar-refractivity contribution in [1.82, 2.24) is 25.4 Å². The number of para-hydroxylation sites is 1. The molecule has 2 aromatic rings. The molecule has 0 atom stereocenters. The molecule has 160 valence electrons. The standard InChI is InChI=1S/C21H32N6O.HI/c1-3-22-20(24-16-21(13-14-28-2)11-7-8-12-21)23-15-19-26-25-17-27(19)18-9-5-4-6-10-18;/h4-6,9-10,17H,3,7-8,11-16H2,1-2H3,(H2,22,23,24);1H. The van der Waals surface area contributed by atoms with Crippen LogP contribution in [0.1, 0.15) is 44.9 Å². The molecule has 29 heavy (non-hydrogen) atoms. The van der Waals surface area contributed by atoms with Crippen LogP contribution in [0.3, 0.4) is 0 Å². The first kappa shape index (κ1) is 23.6. The maximum Gasteiger partial charge on any atom is 0.191 e. The fourth-order valence-electron chi connectivity index (χ4n) is 3.89. The molecule has 8 heteroatoms. The molecule has 0 unspecified atom stereocenters. The second-order valence-corrected chi connectivity index (χ2v) is 7.45. The topological polar surface area (TPSA) is 76.4 Å². The molecular weight excluding hydrogens is 479 g/mol. The van der Waals surface area contributed by atoms with Crippen molar-refractivity contribution in [2.24, 2.45) is 10.4 Å². The van der Waals surface area contributed by atoms with Gasteiger partial charge in [-0.3, -0.25) is 4.57 Å². The number of nitrogens with zero attached hydrogens (tertiary/aromatic N) is 4. The van der Waals surface area contributed by atoms with E-state index in [2.05, 4.69) is 27.8 Å². The van der Waals surface area contributed by atoms with Crippen molar-refractivity contribution < 1.29 is 4.74 Å². The Morgan fingerprint density at radius 2 is 1.97 bits per heavy atom. The normalized spacial score (nSPS) is 15.7. The highest BCUT2D eigenvalue weighted by Gasteiger charge is 2.33. The van der Waals surface area contributed by atoms with Crippen molar-refractivity contribution in [2.45, 2.75) is 45.6 Å². The van der Waals surface area contributed by atoms with Gasteiger partial charge in [-0.05, 0) is 43.7 Å². The number of aliphatic imine (C=N–C) groups is 1. The minimum absolute atomic E-state index is 0. The van der Waals surface area contributed by atoms with Crippen LogP contribution in [-0.4, -0.2) is 47.5 Å². The Morgan fingerprint density at radius 1 is 1.21 bits per heavy atom. The fourth-order valence-corrected chi connectivity index (χ4v) is 3.89. The van der Waals surface area contributed by atoms with Crippen LogP contribution >= 0.6 is 24.0 Å². The highest BCUT2D eigenvalue weighted by Crippen LogP contribution is 2.40. The Balaban J connectivity index is 0.00000300. The van der Waals surface area contributed by atoms with Crippen LogP contribution in [0.2, 0.25) is 0 Å². The first-order valence-electron chi connectivity index (χ1n) is 10.2. The van der Waals surface area contributed by atoms with Crippen LogP contribution in [0.4, 0.5) is 0 Å². The molecule has 1 fully saturated rings. The Hall–Kier alpha value is -1.68. The van der Waals surface area contributed by atoms with Gasteiger partial charge in [-0.2, -0.15) is 0 Å². The van der Waals surface area contributed by atoms with Crippen molar-refractivity contribution in [3.63, 3.8) is 0 Å². The number of rotatable bonds is 9. The third-order valence-electron chi connectivity index (χ3n) is 5.51. The largest absolute Gasteiger partial charge is 0.385 e. The summed E-state index contributed by atoms with van der Waals surface area (Å²) in [5.74, 6) is 1.65. The average molecular weight is 512 g/mol. The van der Waals surface area contributed by atoms with E-state index in [0.29, 0.717) is 12.0 Å². The molecule has 1 saturated carbocycles. The minimum Gasteiger partial charge on any atom is -0.385 e. The summed E-state index contributed by atoms with van der Waals surface area (Å²) in [5, 5.41) is 15.2. The van der Waals surface area contributed by atoms with Crippen LogP contribution in [0, 0.1) is 5.41 Å². The monoisotopic (exact) mass is 512 g/mol. The predicted octanol–water partition coefficient (Wildman–Crippen LogP) is 3.54. The van der Waals surface area contributed by atoms with Gasteiger partial charge in [0.2, 0.25) is 0 Å². The van der Waals surface area contributed by atoms with Crippen LogP contribution in [0.25, 0.3) is 5.69 Å². The molecule has 0 aliphatic heterocycles. The Kier molecular flexibility index (Phi) is 9.86. The lowest BCUT2D eigenvalue weighted by Gasteiger charge is -2.30. The number of nitrogens with one attached hydrogen (secondary N) is 2. The zero-order valence-electron chi connectivity index (χ0n) is 17.4. The van der Waals surface area contributed by atoms with E-state index in [1.165, 1.54) is 25.7 Å². The molecule has 7 nitrogen and oxygen atoms in total. The number of aromatic nitrogens is 3. The number of hydrogen-bond acceptors (Lipinski definition) is 4. The van der Waals surface area contributed by atoms with Crippen LogP contribution in [0.15, 0.2) is 41.7 Å². The van der Waals surface area contributed by atoms with Gasteiger partial charge in [0.25, 0.3) is 0 Å². The first-order chi connectivity index (χ1) is 13.8. The zero-order valence-corrected chi connectivity index (χ0v) is 19.8. The SMILES string of the molecule is CCNC(=NCc1nncn1-c1ccccc1)NCC1(CCOC)CCCC1.I. The fraction of sp³-hybridized carbons (Fsp3) is 0.571. The quantitative estimate of drug-likeness (QED) is 0.306. The van der Waals surface area contributed by atoms with Crippen molar-refractivity contribution in [3.05, 3.63) is 42.5 Å². The molecule has 0 radical (unpaired) electrons. The van der Waals surface area contributed by atoms with Gasteiger partial charge in [0, 0.05) is 32.5 Å². The molecule has 1 heterocycles. The summed E-state index contributed by atoms with van der Waals surface area (Å²) >= 11 is 0. The van der Waals surface area contributed by atoms with E-state index >= 15 is 0 Å². The van der Waals surface area contributed by atoms with Gasteiger partial charge in [-0.1, -0.05) is 31.0 Å². The van der Waals surface area contributed by atoms with E-state index in [0.717, 1.165) is 43.6 Å². The Labute approximate surface area is 190 Å². The summed E-state index contributed by atoms with van der Waals surface area (Å²) in [6.07, 6.45) is 7.95. The summed E-state index contributed by atoms with van der Waals surface area (Å²) in [6.45, 7) is 5.11. The lowest BCUT2D eigenvalue weighted by molar-refractivity contribution is 0.138. The number of guanidine groups is 1. The van der Waals surface area contributed by atoms with Crippen LogP contribution < -0.4 is 10.6 Å². The third-order valence-corrected chi connectivity index (χ3v) is 5.51. The maximum atomic E-state index is 5.34. The summed E-state index contributed by atoms with van der Waals surface area (Å²) < 4.78 is 7.32. The van der Waals surface area contributed by atoms with Gasteiger partial charge < -0.3 is 15.4 Å². The van der Waals surface area contributed by atoms with E-state index in [9.17, 15) is 0 Å². The third kappa shape index (κ3) is 6.67. The van der Waals surface area contributed by atoms with Crippen molar-refractivity contribution in [3.8, 4) is 5.69 Å². The Morgan fingerprint density at radius 3 is 2.66 bits per heavy atom. The summed E-state index contributed by atoms with van der Waals surface area (Å²) in [7, 11) is 1.78. The summed E-state index contributed by atoms with van der Waals surface area (Å²) in [5.41, 5.74) is 1.36. The van der Waals surface area contributed by atoms with Gasteiger partial charge in [-0.15, -0.1) is 34.2 Å². The Bertz CT molecular complexity index is 743. The molecule has 0 bridgehead atoms. The average Bonchev–Trinajstić information content (AvgIpc) is 3.39. The van der Waals surface area contributed by atoms with Gasteiger partial charge in [0.05, 0.1) is 0 Å². The van der Waals surface area contributed by atoms with Crippen molar-refractivity contribution in [1.29, 1.82) is 0 Å². The highest BCUT2D eigenvalue weighted by molar-refractivity contribution is 14.0. The molecule has 1 aromatic heterocycles. The highest BCUT2D eigenvalue weighted by atomic mass is 127. The maximum absolute atomic E-state index is 5.34. The van der Waals surface area contributed by atoms with Crippen LogP contribution in [0.5, 0.6) is 0 Å². The zero-order chi connectivity index (χ0) is 19.7.